The zero-order valence-corrected chi connectivity index (χ0v) is 26.9. The van der Waals surface area contributed by atoms with Crippen LogP contribution in [-0.2, 0) is 0 Å². The summed E-state index contributed by atoms with van der Waals surface area (Å²) in [5, 5.41) is 6.82. The van der Waals surface area contributed by atoms with Crippen molar-refractivity contribution in [3.8, 4) is 22.6 Å². The van der Waals surface area contributed by atoms with Crippen LogP contribution in [-0.4, -0.2) is 18.8 Å². The number of fused-ring (bicyclic) bond motifs is 12. The Bertz CT molecular complexity index is 2650. The minimum absolute atomic E-state index is 0.422. The predicted octanol–water partition coefficient (Wildman–Crippen LogP) is 11.3. The number of hydrogen-bond donors (Lipinski definition) is 0. The van der Waals surface area contributed by atoms with Crippen LogP contribution in [0.25, 0.3) is 65.8 Å². The molecule has 9 aromatic rings. The molecule has 0 aliphatic rings. The Morgan fingerprint density at radius 3 is 1.70 bits per heavy atom. The Balaban J connectivity index is 1.20. The molecule has 0 amide bonds. The van der Waals surface area contributed by atoms with Crippen molar-refractivity contribution in [2.45, 2.75) is 39.5 Å². The summed E-state index contributed by atoms with van der Waals surface area (Å²) < 4.78 is 10.9. The molecule has 5 heteroatoms. The van der Waals surface area contributed by atoms with E-state index in [1.807, 2.05) is 18.6 Å². The Morgan fingerprint density at radius 1 is 0.511 bits per heavy atom. The molecule has 5 aromatic carbocycles. The smallest absolute Gasteiger partial charge is 0.145 e. The summed E-state index contributed by atoms with van der Waals surface area (Å²) in [6.45, 7) is 9.13. The molecule has 47 heavy (non-hydrogen) atoms. The largest absolute Gasteiger partial charge is 0.457 e. The molecule has 0 aliphatic carbocycles. The van der Waals surface area contributed by atoms with E-state index in [4.69, 9.17) is 14.7 Å². The van der Waals surface area contributed by atoms with Gasteiger partial charge in [-0.25, -0.2) is 9.97 Å². The lowest BCUT2D eigenvalue weighted by Gasteiger charge is -2.21. The second kappa shape index (κ2) is 10.4. The van der Waals surface area contributed by atoms with Gasteiger partial charge in [-0.05, 0) is 99.5 Å². The van der Waals surface area contributed by atoms with Crippen molar-refractivity contribution < 1.29 is 4.74 Å². The van der Waals surface area contributed by atoms with Gasteiger partial charge in [0.1, 0.15) is 22.8 Å². The number of ether oxygens (including phenoxy) is 1. The van der Waals surface area contributed by atoms with Gasteiger partial charge in [-0.3, -0.25) is 8.80 Å². The molecule has 9 rings (SSSR count). The fourth-order valence-corrected chi connectivity index (χ4v) is 7.46. The van der Waals surface area contributed by atoms with E-state index in [-0.39, 0.29) is 0 Å². The third kappa shape index (κ3) is 4.23. The van der Waals surface area contributed by atoms with Gasteiger partial charge < -0.3 is 4.74 Å². The van der Waals surface area contributed by atoms with Gasteiger partial charge in [-0.15, -0.1) is 0 Å². The summed E-state index contributed by atoms with van der Waals surface area (Å²) >= 11 is 0. The average Bonchev–Trinajstić information content (AvgIpc) is 3.79. The molecule has 0 fully saturated rings. The number of aromatic nitrogens is 4. The van der Waals surface area contributed by atoms with Crippen LogP contribution in [0.15, 0.2) is 122 Å². The van der Waals surface area contributed by atoms with Crippen LogP contribution in [0.3, 0.4) is 0 Å². The molecular formula is C42H34N4O. The first-order valence-electron chi connectivity index (χ1n) is 16.4. The van der Waals surface area contributed by atoms with Crippen molar-refractivity contribution >= 4 is 54.6 Å². The van der Waals surface area contributed by atoms with Gasteiger partial charge in [0.15, 0.2) is 0 Å². The number of imidazole rings is 2. The lowest BCUT2D eigenvalue weighted by molar-refractivity contribution is 0.484. The van der Waals surface area contributed by atoms with Gasteiger partial charge in [0.25, 0.3) is 0 Å². The first-order chi connectivity index (χ1) is 23.0. The molecule has 0 aliphatic heterocycles. The first-order valence-corrected chi connectivity index (χ1v) is 16.4. The number of rotatable bonds is 5. The van der Waals surface area contributed by atoms with Crippen molar-refractivity contribution in [2.75, 3.05) is 0 Å². The minimum Gasteiger partial charge on any atom is -0.457 e. The van der Waals surface area contributed by atoms with E-state index in [1.54, 1.807) is 0 Å². The molecule has 4 heterocycles. The minimum atomic E-state index is 0.422. The average molecular weight is 611 g/mol. The van der Waals surface area contributed by atoms with Gasteiger partial charge in [-0.1, -0.05) is 70.2 Å². The Labute approximate surface area is 272 Å². The van der Waals surface area contributed by atoms with Crippen LogP contribution < -0.4 is 4.74 Å². The van der Waals surface area contributed by atoms with Gasteiger partial charge >= 0.3 is 0 Å². The maximum absolute atomic E-state index is 6.57. The lowest BCUT2D eigenvalue weighted by Crippen LogP contribution is -2.00. The van der Waals surface area contributed by atoms with E-state index in [9.17, 15) is 0 Å². The van der Waals surface area contributed by atoms with Gasteiger partial charge in [0, 0.05) is 46.3 Å². The van der Waals surface area contributed by atoms with Crippen molar-refractivity contribution in [2.24, 2.45) is 0 Å². The highest BCUT2D eigenvalue weighted by molar-refractivity contribution is 6.14. The van der Waals surface area contributed by atoms with Crippen molar-refractivity contribution in [1.29, 1.82) is 0 Å². The van der Waals surface area contributed by atoms with E-state index in [0.717, 1.165) is 55.4 Å². The second-order valence-corrected chi connectivity index (χ2v) is 13.1. The molecule has 4 aromatic heterocycles. The van der Waals surface area contributed by atoms with Crippen LogP contribution in [0.5, 0.6) is 11.5 Å². The third-order valence-electron chi connectivity index (χ3n) is 9.64. The molecule has 0 bridgehead atoms. The SMILES string of the molecule is CC(C)c1cccc(C(C)C)c1-c1ccc2c(c1)c1ccc(Oc3ccc4c5ccccc5n5ccnc5c4c3)cc1c1nccn21. The molecular weight excluding hydrogens is 576 g/mol. The van der Waals surface area contributed by atoms with Crippen molar-refractivity contribution in [3.05, 3.63) is 133 Å². The van der Waals surface area contributed by atoms with Crippen LogP contribution in [0, 0.1) is 0 Å². The quantitative estimate of drug-likeness (QED) is 0.182. The van der Waals surface area contributed by atoms with E-state index >= 15 is 0 Å². The number of pyridine rings is 2. The molecule has 0 saturated heterocycles. The zero-order valence-electron chi connectivity index (χ0n) is 26.9. The lowest BCUT2D eigenvalue weighted by atomic mass is 9.84. The molecule has 0 unspecified atom stereocenters. The highest BCUT2D eigenvalue weighted by atomic mass is 16.5. The van der Waals surface area contributed by atoms with Gasteiger partial charge in [-0.2, -0.15) is 0 Å². The predicted molar refractivity (Wildman–Crippen MR) is 194 cm³/mol. The fraction of sp³-hybridized carbons (Fsp3) is 0.143. The Morgan fingerprint density at radius 2 is 1.09 bits per heavy atom. The Kier molecular flexibility index (Phi) is 6.13. The summed E-state index contributed by atoms with van der Waals surface area (Å²) in [5.74, 6) is 2.38. The number of nitrogens with zero attached hydrogens (tertiary/aromatic N) is 4. The summed E-state index contributed by atoms with van der Waals surface area (Å²) in [5.41, 5.74) is 9.49. The monoisotopic (exact) mass is 610 g/mol. The highest BCUT2D eigenvalue weighted by Crippen LogP contribution is 2.40. The maximum Gasteiger partial charge on any atom is 0.145 e. The molecule has 5 nitrogen and oxygen atoms in total. The third-order valence-corrected chi connectivity index (χ3v) is 9.64. The molecule has 0 spiro atoms. The normalized spacial score (nSPS) is 12.2. The van der Waals surface area contributed by atoms with Crippen LogP contribution in [0.4, 0.5) is 0 Å². The van der Waals surface area contributed by atoms with Gasteiger partial charge in [0.05, 0.1) is 11.0 Å². The fourth-order valence-electron chi connectivity index (χ4n) is 7.46. The van der Waals surface area contributed by atoms with Gasteiger partial charge in [0.2, 0.25) is 0 Å². The van der Waals surface area contributed by atoms with E-state index in [0.29, 0.717) is 11.8 Å². The molecule has 0 N–H and O–H groups in total. The summed E-state index contributed by atoms with van der Waals surface area (Å²) in [4.78, 5) is 9.49. The second-order valence-electron chi connectivity index (χ2n) is 13.1. The number of benzene rings is 5. The number of hydrogen-bond acceptors (Lipinski definition) is 3. The summed E-state index contributed by atoms with van der Waals surface area (Å²) in [6.07, 6.45) is 7.80. The topological polar surface area (TPSA) is 43.8 Å². The van der Waals surface area contributed by atoms with Crippen molar-refractivity contribution in [3.63, 3.8) is 0 Å². The molecule has 0 saturated carbocycles. The van der Waals surface area contributed by atoms with E-state index in [2.05, 4.69) is 140 Å². The van der Waals surface area contributed by atoms with E-state index in [1.165, 1.54) is 33.0 Å². The first kappa shape index (κ1) is 27.6. The standard InChI is InChI=1S/C42H34N4O/c1-25(2)30-9-7-10-31(26(3)4)40(30)27-12-17-39-35(22-27)33-16-14-29(24-37(33)42-44-19-21-46(39)42)47-28-13-15-32-34-8-5-6-11-38(34)45-20-18-43-41(45)36(32)23-28/h5-26H,1-4H3. The van der Waals surface area contributed by atoms with Crippen LogP contribution >= 0.6 is 0 Å². The molecule has 0 atom stereocenters. The van der Waals surface area contributed by atoms with Crippen LogP contribution in [0.1, 0.15) is 50.7 Å². The molecule has 228 valence electrons. The highest BCUT2D eigenvalue weighted by Gasteiger charge is 2.18. The zero-order chi connectivity index (χ0) is 31.8. The summed E-state index contributed by atoms with van der Waals surface area (Å²) in [7, 11) is 0. The van der Waals surface area contributed by atoms with Crippen LogP contribution in [0.2, 0.25) is 0 Å². The molecule has 0 radical (unpaired) electrons. The number of para-hydroxylation sites is 1. The Hall–Kier alpha value is -5.68. The summed E-state index contributed by atoms with van der Waals surface area (Å²) in [6, 6.07) is 34.8. The maximum atomic E-state index is 6.57. The van der Waals surface area contributed by atoms with Crippen molar-refractivity contribution in [1.82, 2.24) is 18.8 Å². The van der Waals surface area contributed by atoms with E-state index < -0.39 is 0 Å².